The van der Waals surface area contributed by atoms with Crippen LogP contribution in [0, 0.1) is 0 Å². The molecule has 0 fully saturated rings. The van der Waals surface area contributed by atoms with Crippen LogP contribution in [0.1, 0.15) is 0 Å². The van der Waals surface area contributed by atoms with E-state index in [9.17, 15) is 0 Å². The lowest BCUT2D eigenvalue weighted by atomic mass is 10.3. The molecule has 5 nitrogen and oxygen atoms in total. The lowest BCUT2D eigenvalue weighted by molar-refractivity contribution is 0.328. The molecule has 0 spiro atoms. The topological polar surface area (TPSA) is 71.7 Å². The Morgan fingerprint density at radius 3 is 2.81 bits per heavy atom. The number of benzene rings is 1. The van der Waals surface area contributed by atoms with E-state index in [4.69, 9.17) is 10.5 Å². The van der Waals surface area contributed by atoms with Gasteiger partial charge in [0, 0.05) is 18.8 Å². The zero-order valence-corrected chi connectivity index (χ0v) is 9.07. The maximum atomic E-state index is 5.38. The first-order valence-electron chi connectivity index (χ1n) is 5.37. The van der Waals surface area contributed by atoms with Crippen LogP contribution in [0.3, 0.4) is 0 Å². The molecule has 1 aromatic carbocycles. The molecule has 86 valence electrons. The molecule has 0 unspecified atom stereocenters. The quantitative estimate of drug-likeness (QED) is 0.686. The zero-order valence-electron chi connectivity index (χ0n) is 9.07. The first-order chi connectivity index (χ1) is 7.88. The van der Waals surface area contributed by atoms with E-state index in [1.165, 1.54) is 0 Å². The number of aliphatic imine (C=N–C) groups is 1. The Hall–Kier alpha value is -1.75. The summed E-state index contributed by atoms with van der Waals surface area (Å²) in [5.74, 6) is 1.66. The standard InChI is InChI=1S/C11H16N4O/c12-5-8-16-10-3-1-9(2-4-10)15-11-13-6-7-14-11/h1-4H,5-8,12H2,(H2,13,14,15). The zero-order chi connectivity index (χ0) is 11.2. The molecular weight excluding hydrogens is 204 g/mol. The third-order valence-electron chi connectivity index (χ3n) is 2.18. The maximum absolute atomic E-state index is 5.38. The fourth-order valence-corrected chi connectivity index (χ4v) is 1.43. The number of hydrogen-bond acceptors (Lipinski definition) is 5. The van der Waals surface area contributed by atoms with Gasteiger partial charge in [-0.3, -0.25) is 4.99 Å². The van der Waals surface area contributed by atoms with Gasteiger partial charge in [-0.2, -0.15) is 0 Å². The smallest absolute Gasteiger partial charge is 0.195 e. The molecule has 16 heavy (non-hydrogen) atoms. The van der Waals surface area contributed by atoms with E-state index in [1.807, 2.05) is 24.3 Å². The first-order valence-corrected chi connectivity index (χ1v) is 5.37. The molecule has 5 heteroatoms. The highest BCUT2D eigenvalue weighted by atomic mass is 16.5. The lowest BCUT2D eigenvalue weighted by Crippen LogP contribution is -2.26. The minimum Gasteiger partial charge on any atom is -0.492 e. The van der Waals surface area contributed by atoms with E-state index in [2.05, 4.69) is 15.6 Å². The minimum atomic E-state index is 0.528. The Morgan fingerprint density at radius 2 is 2.19 bits per heavy atom. The van der Waals surface area contributed by atoms with Gasteiger partial charge in [0.25, 0.3) is 0 Å². The van der Waals surface area contributed by atoms with Crippen LogP contribution in [-0.2, 0) is 0 Å². The molecule has 0 atom stereocenters. The fourth-order valence-electron chi connectivity index (χ4n) is 1.43. The van der Waals surface area contributed by atoms with Gasteiger partial charge in [-0.25, -0.2) is 0 Å². The van der Waals surface area contributed by atoms with E-state index in [0.29, 0.717) is 13.2 Å². The average molecular weight is 220 g/mol. The second-order valence-corrected chi connectivity index (χ2v) is 3.44. The van der Waals surface area contributed by atoms with Crippen molar-refractivity contribution in [1.29, 1.82) is 0 Å². The number of ether oxygens (including phenoxy) is 1. The maximum Gasteiger partial charge on any atom is 0.195 e. The molecule has 0 amide bonds. The van der Waals surface area contributed by atoms with Gasteiger partial charge in [0.05, 0.1) is 6.54 Å². The predicted molar refractivity (Wildman–Crippen MR) is 64.9 cm³/mol. The van der Waals surface area contributed by atoms with Gasteiger partial charge < -0.3 is 21.1 Å². The highest BCUT2D eigenvalue weighted by Gasteiger charge is 2.04. The Kier molecular flexibility index (Phi) is 3.61. The van der Waals surface area contributed by atoms with Crippen molar-refractivity contribution < 1.29 is 4.74 Å². The van der Waals surface area contributed by atoms with E-state index in [0.717, 1.165) is 30.5 Å². The van der Waals surface area contributed by atoms with Crippen LogP contribution in [0.5, 0.6) is 5.75 Å². The molecule has 0 aliphatic carbocycles. The molecule has 4 N–H and O–H groups in total. The number of anilines is 1. The van der Waals surface area contributed by atoms with Gasteiger partial charge in [-0.1, -0.05) is 0 Å². The molecule has 1 aliphatic rings. The Morgan fingerprint density at radius 1 is 1.38 bits per heavy atom. The van der Waals surface area contributed by atoms with Crippen molar-refractivity contribution in [2.45, 2.75) is 0 Å². The van der Waals surface area contributed by atoms with E-state index in [-0.39, 0.29) is 0 Å². The molecule has 0 saturated heterocycles. The molecule has 0 radical (unpaired) electrons. The van der Waals surface area contributed by atoms with Crippen LogP contribution in [0.15, 0.2) is 29.3 Å². The molecule has 0 bridgehead atoms. The summed E-state index contributed by atoms with van der Waals surface area (Å²) in [5, 5.41) is 6.33. The summed E-state index contributed by atoms with van der Waals surface area (Å²) in [6.45, 7) is 2.81. The summed E-state index contributed by atoms with van der Waals surface area (Å²) in [6, 6.07) is 7.73. The largest absolute Gasteiger partial charge is 0.492 e. The number of hydrogen-bond donors (Lipinski definition) is 3. The summed E-state index contributed by atoms with van der Waals surface area (Å²) in [6.07, 6.45) is 0. The Balaban J connectivity index is 1.91. The molecule has 0 saturated carbocycles. The van der Waals surface area contributed by atoms with Crippen LogP contribution < -0.4 is 21.1 Å². The molecule has 1 aliphatic heterocycles. The van der Waals surface area contributed by atoms with Crippen molar-refractivity contribution in [1.82, 2.24) is 5.32 Å². The average Bonchev–Trinajstić information content (AvgIpc) is 2.81. The van der Waals surface area contributed by atoms with Gasteiger partial charge >= 0.3 is 0 Å². The van der Waals surface area contributed by atoms with E-state index in [1.54, 1.807) is 0 Å². The summed E-state index contributed by atoms with van der Waals surface area (Å²) in [5.41, 5.74) is 6.35. The number of guanidine groups is 1. The molecule has 1 heterocycles. The third-order valence-corrected chi connectivity index (χ3v) is 2.18. The monoisotopic (exact) mass is 220 g/mol. The number of nitrogens with two attached hydrogens (primary N) is 1. The molecule has 1 aromatic rings. The van der Waals surface area contributed by atoms with Gasteiger partial charge in [-0.15, -0.1) is 0 Å². The first kappa shape index (κ1) is 10.8. The van der Waals surface area contributed by atoms with Crippen molar-refractivity contribution in [2.75, 3.05) is 31.6 Å². The second-order valence-electron chi connectivity index (χ2n) is 3.44. The van der Waals surface area contributed by atoms with Crippen molar-refractivity contribution in [2.24, 2.45) is 10.7 Å². The van der Waals surface area contributed by atoms with Crippen molar-refractivity contribution >= 4 is 11.6 Å². The SMILES string of the molecule is NCCOc1ccc(NC2=NCCN2)cc1. The van der Waals surface area contributed by atoms with E-state index >= 15 is 0 Å². The Labute approximate surface area is 94.7 Å². The van der Waals surface area contributed by atoms with Gasteiger partial charge in [0.1, 0.15) is 12.4 Å². The molecular formula is C11H16N4O. The molecule has 0 aromatic heterocycles. The van der Waals surface area contributed by atoms with Crippen LogP contribution in [0.4, 0.5) is 5.69 Å². The van der Waals surface area contributed by atoms with Crippen LogP contribution in [0.25, 0.3) is 0 Å². The third kappa shape index (κ3) is 2.87. The van der Waals surface area contributed by atoms with Gasteiger partial charge in [0.2, 0.25) is 0 Å². The summed E-state index contributed by atoms with van der Waals surface area (Å²) in [4.78, 5) is 4.25. The highest BCUT2D eigenvalue weighted by molar-refractivity contribution is 5.94. The number of nitrogens with zero attached hydrogens (tertiary/aromatic N) is 1. The van der Waals surface area contributed by atoms with Crippen LogP contribution in [-0.4, -0.2) is 32.2 Å². The molecule has 2 rings (SSSR count). The summed E-state index contributed by atoms with van der Waals surface area (Å²) >= 11 is 0. The van der Waals surface area contributed by atoms with Gasteiger partial charge in [0.15, 0.2) is 5.96 Å². The number of rotatable bonds is 4. The Bertz CT molecular complexity index is 361. The van der Waals surface area contributed by atoms with Gasteiger partial charge in [-0.05, 0) is 24.3 Å². The van der Waals surface area contributed by atoms with Crippen LogP contribution >= 0.6 is 0 Å². The highest BCUT2D eigenvalue weighted by Crippen LogP contribution is 2.15. The van der Waals surface area contributed by atoms with Crippen molar-refractivity contribution in [3.63, 3.8) is 0 Å². The fraction of sp³-hybridized carbons (Fsp3) is 0.364. The van der Waals surface area contributed by atoms with Crippen LogP contribution in [0.2, 0.25) is 0 Å². The number of nitrogens with one attached hydrogen (secondary N) is 2. The predicted octanol–water partition coefficient (Wildman–Crippen LogP) is 0.395. The van der Waals surface area contributed by atoms with Crippen molar-refractivity contribution in [3.05, 3.63) is 24.3 Å². The second kappa shape index (κ2) is 5.37. The summed E-state index contributed by atoms with van der Waals surface area (Å²) < 4.78 is 5.38. The normalized spacial score (nSPS) is 14.2. The van der Waals surface area contributed by atoms with Crippen molar-refractivity contribution in [3.8, 4) is 5.75 Å². The summed E-state index contributed by atoms with van der Waals surface area (Å²) in [7, 11) is 0. The lowest BCUT2D eigenvalue weighted by Gasteiger charge is -2.08. The minimum absolute atomic E-state index is 0.528. The van der Waals surface area contributed by atoms with E-state index < -0.39 is 0 Å².